The van der Waals surface area contributed by atoms with Crippen molar-refractivity contribution in [1.82, 2.24) is 29.9 Å². The van der Waals surface area contributed by atoms with Crippen LogP contribution >= 0.6 is 0 Å². The standard InChI is InChI=1S/C27H28N8O3/c1-4-38-25-17(14-28)7-5-9-19(25)20-13-21(32-26(29)31-20)22-16-35(34-33-22)15-18-8-6-10-23(30-18)27(2,3)12-11-24(36)37/h5-10,13,16H,4,11-12,15H2,1-3H3,(H,36,37)(H2,29,31,32). The van der Waals surface area contributed by atoms with Gasteiger partial charge in [-0.15, -0.1) is 5.10 Å². The summed E-state index contributed by atoms with van der Waals surface area (Å²) in [5, 5.41) is 27.0. The third-order valence-electron chi connectivity index (χ3n) is 6.03. The molecular weight excluding hydrogens is 484 g/mol. The molecule has 194 valence electrons. The van der Waals surface area contributed by atoms with Crippen LogP contribution in [-0.4, -0.2) is 47.6 Å². The van der Waals surface area contributed by atoms with E-state index in [9.17, 15) is 10.1 Å². The maximum absolute atomic E-state index is 11.0. The van der Waals surface area contributed by atoms with Crippen molar-refractivity contribution >= 4 is 11.9 Å². The van der Waals surface area contributed by atoms with E-state index in [-0.39, 0.29) is 17.8 Å². The van der Waals surface area contributed by atoms with E-state index in [1.54, 1.807) is 29.1 Å². The van der Waals surface area contributed by atoms with Crippen molar-refractivity contribution in [3.8, 4) is 34.5 Å². The predicted molar refractivity (Wildman–Crippen MR) is 140 cm³/mol. The van der Waals surface area contributed by atoms with E-state index in [0.29, 0.717) is 53.5 Å². The number of nitriles is 1. The van der Waals surface area contributed by atoms with E-state index >= 15 is 0 Å². The minimum atomic E-state index is -0.829. The Balaban J connectivity index is 1.60. The number of nitrogens with two attached hydrogens (primary N) is 1. The van der Waals surface area contributed by atoms with Crippen molar-refractivity contribution in [2.75, 3.05) is 12.3 Å². The van der Waals surface area contributed by atoms with Crippen molar-refractivity contribution < 1.29 is 14.6 Å². The van der Waals surface area contributed by atoms with Crippen LogP contribution in [0, 0.1) is 11.3 Å². The van der Waals surface area contributed by atoms with Crippen LogP contribution in [0.4, 0.5) is 5.95 Å². The van der Waals surface area contributed by atoms with Crippen LogP contribution in [0.1, 0.15) is 50.6 Å². The second-order valence-corrected chi connectivity index (χ2v) is 9.32. The average Bonchev–Trinajstić information content (AvgIpc) is 3.36. The van der Waals surface area contributed by atoms with Crippen molar-refractivity contribution in [1.29, 1.82) is 5.26 Å². The molecule has 38 heavy (non-hydrogen) atoms. The van der Waals surface area contributed by atoms with Crippen LogP contribution in [0.5, 0.6) is 5.75 Å². The third-order valence-corrected chi connectivity index (χ3v) is 6.03. The summed E-state index contributed by atoms with van der Waals surface area (Å²) in [5.41, 5.74) is 9.71. The van der Waals surface area contributed by atoms with Crippen LogP contribution in [0.25, 0.3) is 22.6 Å². The Hall–Kier alpha value is -4.85. The molecule has 3 N–H and O–H groups in total. The maximum atomic E-state index is 11.0. The number of anilines is 1. The molecule has 11 nitrogen and oxygen atoms in total. The van der Waals surface area contributed by atoms with Crippen LogP contribution in [0.3, 0.4) is 0 Å². The third kappa shape index (κ3) is 5.92. The largest absolute Gasteiger partial charge is 0.492 e. The molecule has 0 aliphatic heterocycles. The lowest BCUT2D eigenvalue weighted by Gasteiger charge is -2.23. The Bertz CT molecular complexity index is 1510. The number of carboxylic acids is 1. The summed E-state index contributed by atoms with van der Waals surface area (Å²) >= 11 is 0. The molecule has 0 unspecified atom stereocenters. The van der Waals surface area contributed by atoms with E-state index in [1.165, 1.54) is 0 Å². The van der Waals surface area contributed by atoms with Crippen molar-refractivity contribution in [2.45, 2.75) is 45.6 Å². The smallest absolute Gasteiger partial charge is 0.303 e. The second-order valence-electron chi connectivity index (χ2n) is 9.32. The average molecular weight is 513 g/mol. The zero-order valence-electron chi connectivity index (χ0n) is 21.4. The first kappa shape index (κ1) is 26.2. The number of para-hydroxylation sites is 1. The SMILES string of the molecule is CCOc1c(C#N)cccc1-c1cc(-c2cn(Cc3cccc(C(C)(C)CCC(=O)O)n3)nn2)nc(N)n1. The van der Waals surface area contributed by atoms with Crippen molar-refractivity contribution in [3.05, 3.63) is 65.6 Å². The zero-order valence-corrected chi connectivity index (χ0v) is 21.4. The summed E-state index contributed by atoms with van der Waals surface area (Å²) < 4.78 is 7.38. The highest BCUT2D eigenvalue weighted by molar-refractivity contribution is 5.74. The number of benzene rings is 1. The van der Waals surface area contributed by atoms with Crippen LogP contribution < -0.4 is 10.5 Å². The summed E-state index contributed by atoms with van der Waals surface area (Å²) in [5.74, 6) is -0.345. The van der Waals surface area contributed by atoms with E-state index in [2.05, 4.69) is 26.3 Å². The van der Waals surface area contributed by atoms with E-state index in [1.807, 2.05) is 45.0 Å². The fourth-order valence-electron chi connectivity index (χ4n) is 4.01. The first-order valence-corrected chi connectivity index (χ1v) is 12.1. The summed E-state index contributed by atoms with van der Waals surface area (Å²) in [6, 6.07) is 14.8. The molecule has 11 heteroatoms. The molecule has 3 heterocycles. The topological polar surface area (TPSA) is 166 Å². The molecule has 0 amide bonds. The monoisotopic (exact) mass is 512 g/mol. The molecule has 0 bridgehead atoms. The lowest BCUT2D eigenvalue weighted by atomic mass is 9.84. The van der Waals surface area contributed by atoms with Crippen LogP contribution in [0.2, 0.25) is 0 Å². The fraction of sp³-hybridized carbons (Fsp3) is 0.296. The highest BCUT2D eigenvalue weighted by Gasteiger charge is 2.23. The Morgan fingerprint density at radius 3 is 2.63 bits per heavy atom. The zero-order chi connectivity index (χ0) is 27.3. The number of hydrogen-bond acceptors (Lipinski definition) is 9. The van der Waals surface area contributed by atoms with Gasteiger partial charge >= 0.3 is 5.97 Å². The summed E-state index contributed by atoms with van der Waals surface area (Å²) in [4.78, 5) is 24.5. The van der Waals surface area contributed by atoms with Gasteiger partial charge in [-0.3, -0.25) is 9.78 Å². The number of carbonyl (C=O) groups is 1. The molecule has 0 saturated carbocycles. The van der Waals surface area contributed by atoms with Crippen LogP contribution in [-0.2, 0) is 16.8 Å². The number of nitrogen functional groups attached to an aromatic ring is 1. The summed E-state index contributed by atoms with van der Waals surface area (Å²) in [6.45, 7) is 6.56. The van der Waals surface area contributed by atoms with Gasteiger partial charge in [0, 0.05) is 23.1 Å². The second kappa shape index (κ2) is 11.0. The number of aromatic nitrogens is 6. The lowest BCUT2D eigenvalue weighted by molar-refractivity contribution is -0.137. The quantitative estimate of drug-likeness (QED) is 0.319. The van der Waals surface area contributed by atoms with Gasteiger partial charge in [-0.25, -0.2) is 14.6 Å². The summed E-state index contributed by atoms with van der Waals surface area (Å²) in [7, 11) is 0. The van der Waals surface area contributed by atoms with E-state index < -0.39 is 5.97 Å². The Morgan fingerprint density at radius 2 is 1.89 bits per heavy atom. The van der Waals surface area contributed by atoms with Gasteiger partial charge in [0.15, 0.2) is 0 Å². The maximum Gasteiger partial charge on any atom is 0.303 e. The molecule has 0 atom stereocenters. The normalized spacial score (nSPS) is 11.2. The van der Waals surface area contributed by atoms with Gasteiger partial charge in [0.25, 0.3) is 0 Å². The molecule has 4 rings (SSSR count). The van der Waals surface area contributed by atoms with Gasteiger partial charge in [0.05, 0.1) is 42.0 Å². The van der Waals surface area contributed by atoms with Crippen molar-refractivity contribution in [3.63, 3.8) is 0 Å². The molecule has 0 fully saturated rings. The number of aliphatic carboxylic acids is 1. The number of carboxylic acid groups (broad SMARTS) is 1. The Kier molecular flexibility index (Phi) is 7.62. The highest BCUT2D eigenvalue weighted by atomic mass is 16.5. The van der Waals surface area contributed by atoms with Gasteiger partial charge in [0.2, 0.25) is 5.95 Å². The Morgan fingerprint density at radius 1 is 1.13 bits per heavy atom. The minimum Gasteiger partial charge on any atom is -0.492 e. The van der Waals surface area contributed by atoms with Crippen molar-refractivity contribution in [2.24, 2.45) is 0 Å². The number of rotatable bonds is 10. The van der Waals surface area contributed by atoms with Gasteiger partial charge < -0.3 is 15.6 Å². The molecule has 1 aromatic carbocycles. The summed E-state index contributed by atoms with van der Waals surface area (Å²) in [6.07, 6.45) is 2.29. The van der Waals surface area contributed by atoms with Gasteiger partial charge in [-0.1, -0.05) is 31.2 Å². The molecule has 4 aromatic rings. The molecule has 0 radical (unpaired) electrons. The number of ether oxygens (including phenoxy) is 1. The van der Waals surface area contributed by atoms with Gasteiger partial charge in [-0.05, 0) is 43.7 Å². The first-order valence-electron chi connectivity index (χ1n) is 12.1. The first-order chi connectivity index (χ1) is 18.2. The molecule has 3 aromatic heterocycles. The fourth-order valence-corrected chi connectivity index (χ4v) is 4.01. The highest BCUT2D eigenvalue weighted by Crippen LogP contribution is 2.34. The number of hydrogen-bond donors (Lipinski definition) is 2. The molecule has 0 spiro atoms. The van der Waals surface area contributed by atoms with Gasteiger partial charge in [0.1, 0.15) is 17.5 Å². The number of nitrogens with zero attached hydrogens (tertiary/aromatic N) is 7. The Labute approximate surface area is 220 Å². The molecule has 0 aliphatic carbocycles. The van der Waals surface area contributed by atoms with E-state index in [0.717, 1.165) is 11.4 Å². The van der Waals surface area contributed by atoms with Gasteiger partial charge in [-0.2, -0.15) is 5.26 Å². The molecule has 0 aliphatic rings. The number of pyridine rings is 1. The minimum absolute atomic E-state index is 0.0508. The molecular formula is C27H28N8O3. The predicted octanol–water partition coefficient (Wildman–Crippen LogP) is 3.84. The van der Waals surface area contributed by atoms with Crippen LogP contribution in [0.15, 0.2) is 48.7 Å². The van der Waals surface area contributed by atoms with E-state index in [4.69, 9.17) is 20.6 Å². The lowest BCUT2D eigenvalue weighted by Crippen LogP contribution is -2.21. The molecule has 0 saturated heterocycles.